The topological polar surface area (TPSA) is 40.5 Å². The number of rotatable bonds is 1. The molecule has 0 saturated heterocycles. The first kappa shape index (κ1) is 13.0. The fourth-order valence-corrected chi connectivity index (χ4v) is 2.39. The Bertz CT molecular complexity index is 720. The molecule has 0 aromatic heterocycles. The smallest absolute Gasteiger partial charge is 0.261 e. The third-order valence-corrected chi connectivity index (χ3v) is 3.47. The van der Waals surface area contributed by atoms with E-state index in [1.165, 1.54) is 6.07 Å². The van der Waals surface area contributed by atoms with Crippen molar-refractivity contribution in [2.45, 2.75) is 6.23 Å². The van der Waals surface area contributed by atoms with Crippen LogP contribution in [0.2, 0.25) is 5.02 Å². The molecule has 3 rings (SSSR count). The summed E-state index contributed by atoms with van der Waals surface area (Å²) in [6, 6.07) is 7.97. The largest absolute Gasteiger partial charge is 0.369 e. The molecule has 6 heteroatoms. The maximum Gasteiger partial charge on any atom is 0.261 e. The average molecular weight is 296 g/mol. The van der Waals surface area contributed by atoms with E-state index in [1.807, 2.05) is 0 Å². The quantitative estimate of drug-likeness (QED) is 0.820. The van der Waals surface area contributed by atoms with Crippen LogP contribution in [0.1, 0.15) is 22.1 Å². The Labute approximate surface area is 118 Å². The molecule has 1 atom stereocenters. The van der Waals surface area contributed by atoms with Crippen LogP contribution in [0.25, 0.3) is 0 Å². The van der Waals surface area contributed by atoms with Gasteiger partial charge in [0.15, 0.2) is 6.23 Å². The van der Waals surface area contributed by atoms with Gasteiger partial charge in [-0.2, -0.15) is 0 Å². The van der Waals surface area contributed by atoms with Crippen LogP contribution in [-0.2, 0) is 0 Å². The molecular weight excluding hydrogens is 288 g/mol. The Morgan fingerprint density at radius 1 is 1.15 bits per heavy atom. The predicted molar refractivity (Wildman–Crippen MR) is 69.6 cm³/mol. The number of aliphatic hydroxyl groups excluding tert-OH is 1. The number of halogens is 3. The van der Waals surface area contributed by atoms with Gasteiger partial charge in [0.1, 0.15) is 11.6 Å². The average Bonchev–Trinajstić information content (AvgIpc) is 2.68. The van der Waals surface area contributed by atoms with Crippen LogP contribution in [0, 0.1) is 11.6 Å². The highest BCUT2D eigenvalue weighted by Gasteiger charge is 2.37. The lowest BCUT2D eigenvalue weighted by molar-refractivity contribution is 0.0933. The molecule has 102 valence electrons. The third kappa shape index (κ3) is 1.78. The van der Waals surface area contributed by atoms with E-state index in [9.17, 15) is 18.7 Å². The van der Waals surface area contributed by atoms with Gasteiger partial charge in [-0.1, -0.05) is 29.8 Å². The first-order valence-electron chi connectivity index (χ1n) is 5.76. The Morgan fingerprint density at radius 2 is 1.85 bits per heavy atom. The minimum absolute atomic E-state index is 0.259. The maximum atomic E-state index is 13.8. The maximum absolute atomic E-state index is 13.8. The van der Waals surface area contributed by atoms with Gasteiger partial charge in [-0.25, -0.2) is 8.78 Å². The summed E-state index contributed by atoms with van der Waals surface area (Å²) in [5.74, 6) is -2.45. The minimum Gasteiger partial charge on any atom is -0.369 e. The highest BCUT2D eigenvalue weighted by molar-refractivity contribution is 6.31. The van der Waals surface area contributed by atoms with Gasteiger partial charge in [0, 0.05) is 17.2 Å². The molecule has 1 amide bonds. The summed E-state index contributed by atoms with van der Waals surface area (Å²) in [7, 11) is 0. The number of hydrogen-bond acceptors (Lipinski definition) is 2. The molecule has 3 nitrogen and oxygen atoms in total. The van der Waals surface area contributed by atoms with Crippen molar-refractivity contribution in [2.24, 2.45) is 0 Å². The molecule has 0 saturated carbocycles. The fourth-order valence-electron chi connectivity index (χ4n) is 2.23. The van der Waals surface area contributed by atoms with Crippen LogP contribution < -0.4 is 4.90 Å². The standard InChI is InChI=1S/C14H8ClF2NO2/c15-9-5-12(11(17)6-10(9)16)18-13(19)7-3-1-2-4-8(7)14(18)20/h1-6,13,19H. The summed E-state index contributed by atoms with van der Waals surface area (Å²) in [5.41, 5.74) is 0.391. The van der Waals surface area contributed by atoms with Crippen molar-refractivity contribution < 1.29 is 18.7 Å². The summed E-state index contributed by atoms with van der Waals surface area (Å²) in [4.78, 5) is 13.1. The molecule has 1 aliphatic heterocycles. The number of aliphatic hydroxyl groups is 1. The van der Waals surface area contributed by atoms with Crippen LogP contribution in [0.5, 0.6) is 0 Å². The lowest BCUT2D eigenvalue weighted by Gasteiger charge is -2.21. The Morgan fingerprint density at radius 3 is 2.55 bits per heavy atom. The second kappa shape index (κ2) is 4.54. The van der Waals surface area contributed by atoms with Crippen molar-refractivity contribution in [1.29, 1.82) is 0 Å². The lowest BCUT2D eigenvalue weighted by atomic mass is 10.1. The number of carbonyl (C=O) groups is 1. The van der Waals surface area contributed by atoms with E-state index in [0.717, 1.165) is 11.0 Å². The normalized spacial score (nSPS) is 17.5. The minimum atomic E-state index is -1.32. The van der Waals surface area contributed by atoms with Crippen LogP contribution >= 0.6 is 11.6 Å². The van der Waals surface area contributed by atoms with E-state index >= 15 is 0 Å². The Hall–Kier alpha value is -1.98. The first-order chi connectivity index (χ1) is 9.50. The number of benzene rings is 2. The molecule has 1 unspecified atom stereocenters. The number of nitrogens with zero attached hydrogens (tertiary/aromatic N) is 1. The fraction of sp³-hybridized carbons (Fsp3) is 0.0714. The molecule has 1 N–H and O–H groups in total. The van der Waals surface area contributed by atoms with Gasteiger partial charge in [-0.3, -0.25) is 9.69 Å². The van der Waals surface area contributed by atoms with E-state index in [-0.39, 0.29) is 16.3 Å². The summed E-state index contributed by atoms with van der Waals surface area (Å²) < 4.78 is 27.0. The highest BCUT2D eigenvalue weighted by atomic mass is 35.5. The van der Waals surface area contributed by atoms with E-state index < -0.39 is 23.8 Å². The van der Waals surface area contributed by atoms with Crippen molar-refractivity contribution in [3.8, 4) is 0 Å². The van der Waals surface area contributed by atoms with Gasteiger partial charge >= 0.3 is 0 Å². The van der Waals surface area contributed by atoms with Crippen LogP contribution in [0.4, 0.5) is 14.5 Å². The third-order valence-electron chi connectivity index (χ3n) is 3.18. The number of anilines is 1. The highest BCUT2D eigenvalue weighted by Crippen LogP contribution is 2.38. The van der Waals surface area contributed by atoms with Crippen LogP contribution in [0.15, 0.2) is 36.4 Å². The van der Waals surface area contributed by atoms with Gasteiger partial charge in [-0.05, 0) is 12.1 Å². The van der Waals surface area contributed by atoms with Crippen LogP contribution in [-0.4, -0.2) is 11.0 Å². The van der Waals surface area contributed by atoms with Crippen molar-refractivity contribution in [3.05, 3.63) is 64.2 Å². The van der Waals surface area contributed by atoms with Crippen molar-refractivity contribution in [3.63, 3.8) is 0 Å². The monoisotopic (exact) mass is 295 g/mol. The number of fused-ring (bicyclic) bond motifs is 1. The molecule has 0 bridgehead atoms. The first-order valence-corrected chi connectivity index (χ1v) is 6.13. The van der Waals surface area contributed by atoms with E-state index in [1.54, 1.807) is 18.2 Å². The molecule has 0 radical (unpaired) electrons. The van der Waals surface area contributed by atoms with Gasteiger partial charge in [0.2, 0.25) is 0 Å². The van der Waals surface area contributed by atoms with E-state index in [0.29, 0.717) is 11.6 Å². The van der Waals surface area contributed by atoms with Crippen molar-refractivity contribution in [1.82, 2.24) is 0 Å². The summed E-state index contributed by atoms with van der Waals surface area (Å²) >= 11 is 5.61. The second-order valence-electron chi connectivity index (χ2n) is 4.35. The molecule has 1 aliphatic rings. The number of hydrogen-bond donors (Lipinski definition) is 1. The molecule has 0 aliphatic carbocycles. The second-order valence-corrected chi connectivity index (χ2v) is 4.76. The molecule has 0 spiro atoms. The van der Waals surface area contributed by atoms with Gasteiger partial charge in [0.05, 0.1) is 10.7 Å². The van der Waals surface area contributed by atoms with E-state index in [4.69, 9.17) is 11.6 Å². The molecule has 20 heavy (non-hydrogen) atoms. The number of amides is 1. The zero-order valence-corrected chi connectivity index (χ0v) is 10.7. The molecule has 1 heterocycles. The predicted octanol–water partition coefficient (Wildman–Crippen LogP) is 3.27. The molecule has 0 fully saturated rings. The lowest BCUT2D eigenvalue weighted by Crippen LogP contribution is -2.28. The molecular formula is C14H8ClF2NO2. The summed E-state index contributed by atoms with van der Waals surface area (Å²) in [5, 5.41) is 9.83. The molecule has 2 aromatic rings. The van der Waals surface area contributed by atoms with Gasteiger partial charge < -0.3 is 5.11 Å². The number of carbonyl (C=O) groups excluding carboxylic acids is 1. The SMILES string of the molecule is O=C1c2ccccc2C(O)N1c1cc(Cl)c(F)cc1F. The zero-order chi connectivity index (χ0) is 14.4. The van der Waals surface area contributed by atoms with Crippen LogP contribution in [0.3, 0.4) is 0 Å². The van der Waals surface area contributed by atoms with Crippen molar-refractivity contribution in [2.75, 3.05) is 4.90 Å². The van der Waals surface area contributed by atoms with E-state index in [2.05, 4.69) is 0 Å². The van der Waals surface area contributed by atoms with Crippen molar-refractivity contribution >= 4 is 23.2 Å². The Kier molecular flexibility index (Phi) is 2.96. The Balaban J connectivity index is 2.14. The van der Waals surface area contributed by atoms with Gasteiger partial charge in [0.25, 0.3) is 5.91 Å². The molecule has 2 aromatic carbocycles. The van der Waals surface area contributed by atoms with Gasteiger partial charge in [-0.15, -0.1) is 0 Å². The zero-order valence-electron chi connectivity index (χ0n) is 9.98. The summed E-state index contributed by atoms with van der Waals surface area (Å²) in [6.45, 7) is 0. The summed E-state index contributed by atoms with van der Waals surface area (Å²) in [6.07, 6.45) is -1.32.